The zero-order valence-corrected chi connectivity index (χ0v) is 12.4. The summed E-state index contributed by atoms with van der Waals surface area (Å²) in [6, 6.07) is 4.78. The lowest BCUT2D eigenvalue weighted by Gasteiger charge is -2.22. The Hall–Kier alpha value is -0.620. The van der Waals surface area contributed by atoms with E-state index in [-0.39, 0.29) is 4.90 Å². The molecule has 1 saturated heterocycles. The molecule has 0 spiro atoms. The number of halogens is 1. The van der Waals surface area contributed by atoms with Crippen LogP contribution < -0.4 is 4.72 Å². The maximum absolute atomic E-state index is 12.1. The summed E-state index contributed by atoms with van der Waals surface area (Å²) >= 11 is 5.96. The fourth-order valence-corrected chi connectivity index (χ4v) is 3.39. The molecule has 1 heterocycles. The molecular weight excluding hydrogens is 286 g/mol. The van der Waals surface area contributed by atoms with Crippen molar-refractivity contribution in [1.82, 2.24) is 4.72 Å². The minimum absolute atomic E-state index is 0.218. The van der Waals surface area contributed by atoms with Crippen LogP contribution in [0.25, 0.3) is 0 Å². The lowest BCUT2D eigenvalue weighted by molar-refractivity contribution is 0.0678. The largest absolute Gasteiger partial charge is 0.381 e. The van der Waals surface area contributed by atoms with Gasteiger partial charge >= 0.3 is 0 Å². The van der Waals surface area contributed by atoms with Crippen molar-refractivity contribution in [1.29, 1.82) is 0 Å². The predicted octanol–water partition coefficient (Wildman–Crippen LogP) is 2.35. The molecule has 0 saturated carbocycles. The summed E-state index contributed by atoms with van der Waals surface area (Å²) in [6.45, 7) is 3.72. The van der Waals surface area contributed by atoms with E-state index in [0.717, 1.165) is 18.4 Å². The van der Waals surface area contributed by atoms with E-state index in [1.54, 1.807) is 12.1 Å². The van der Waals surface area contributed by atoms with Crippen molar-refractivity contribution in [3.05, 3.63) is 28.8 Å². The fourth-order valence-electron chi connectivity index (χ4n) is 2.00. The molecule has 0 unspecified atom stereocenters. The Kier molecular flexibility index (Phi) is 4.84. The van der Waals surface area contributed by atoms with Gasteiger partial charge in [-0.15, -0.1) is 0 Å². The average molecular weight is 304 g/mol. The van der Waals surface area contributed by atoms with E-state index in [1.807, 2.05) is 6.92 Å². The Morgan fingerprint density at radius 1 is 1.37 bits per heavy atom. The van der Waals surface area contributed by atoms with Crippen LogP contribution in [0.5, 0.6) is 0 Å². The SMILES string of the molecule is Cc1ccc(S(=O)(=O)NCC2CCOCC2)cc1Cl. The average Bonchev–Trinajstić information content (AvgIpc) is 2.41. The number of sulfonamides is 1. The van der Waals surface area contributed by atoms with Crippen LogP contribution in [0.15, 0.2) is 23.1 Å². The molecule has 6 heteroatoms. The first-order valence-electron chi connectivity index (χ1n) is 6.32. The van der Waals surface area contributed by atoms with Gasteiger partial charge in [-0.25, -0.2) is 13.1 Å². The van der Waals surface area contributed by atoms with Crippen LogP contribution in [-0.4, -0.2) is 28.2 Å². The van der Waals surface area contributed by atoms with Crippen LogP contribution >= 0.6 is 11.6 Å². The molecule has 1 N–H and O–H groups in total. The van der Waals surface area contributed by atoms with E-state index in [9.17, 15) is 8.42 Å². The predicted molar refractivity (Wildman–Crippen MR) is 74.9 cm³/mol. The van der Waals surface area contributed by atoms with Gasteiger partial charge in [-0.05, 0) is 43.4 Å². The second kappa shape index (κ2) is 6.22. The minimum Gasteiger partial charge on any atom is -0.381 e. The van der Waals surface area contributed by atoms with E-state index in [2.05, 4.69) is 4.72 Å². The van der Waals surface area contributed by atoms with Crippen LogP contribution in [0.1, 0.15) is 18.4 Å². The Morgan fingerprint density at radius 2 is 2.05 bits per heavy atom. The van der Waals surface area contributed by atoms with Crippen molar-refractivity contribution in [3.63, 3.8) is 0 Å². The van der Waals surface area contributed by atoms with Crippen molar-refractivity contribution in [2.75, 3.05) is 19.8 Å². The number of benzene rings is 1. The summed E-state index contributed by atoms with van der Waals surface area (Å²) in [5, 5.41) is 0.467. The lowest BCUT2D eigenvalue weighted by atomic mass is 10.0. The van der Waals surface area contributed by atoms with E-state index in [1.165, 1.54) is 6.07 Å². The molecule has 0 aromatic heterocycles. The number of hydrogen-bond acceptors (Lipinski definition) is 3. The van der Waals surface area contributed by atoms with Crippen LogP contribution in [0, 0.1) is 12.8 Å². The van der Waals surface area contributed by atoms with Crippen molar-refractivity contribution >= 4 is 21.6 Å². The van der Waals surface area contributed by atoms with Crippen LogP contribution in [0.4, 0.5) is 0 Å². The minimum atomic E-state index is -3.47. The monoisotopic (exact) mass is 303 g/mol. The van der Waals surface area contributed by atoms with Gasteiger partial charge in [-0.1, -0.05) is 17.7 Å². The molecule has 0 atom stereocenters. The number of nitrogens with one attached hydrogen (secondary N) is 1. The smallest absolute Gasteiger partial charge is 0.240 e. The standard InChI is InChI=1S/C13H18ClNO3S/c1-10-2-3-12(8-13(10)14)19(16,17)15-9-11-4-6-18-7-5-11/h2-3,8,11,15H,4-7,9H2,1H3. The summed E-state index contributed by atoms with van der Waals surface area (Å²) < 4.78 is 32.2. The van der Waals surface area contributed by atoms with E-state index < -0.39 is 10.0 Å². The molecule has 0 radical (unpaired) electrons. The summed E-state index contributed by atoms with van der Waals surface area (Å²) in [5.41, 5.74) is 0.866. The molecule has 0 aliphatic carbocycles. The maximum Gasteiger partial charge on any atom is 0.240 e. The highest BCUT2D eigenvalue weighted by atomic mass is 35.5. The molecule has 1 aromatic rings. The Bertz CT molecular complexity index is 539. The molecule has 4 nitrogen and oxygen atoms in total. The second-order valence-electron chi connectivity index (χ2n) is 4.82. The highest BCUT2D eigenvalue weighted by Crippen LogP contribution is 2.20. The van der Waals surface area contributed by atoms with Crippen molar-refractivity contribution < 1.29 is 13.2 Å². The Balaban J connectivity index is 2.02. The van der Waals surface area contributed by atoms with Crippen molar-refractivity contribution in [3.8, 4) is 0 Å². The first kappa shape index (κ1) is 14.8. The van der Waals surface area contributed by atoms with E-state index in [0.29, 0.717) is 30.7 Å². The zero-order chi connectivity index (χ0) is 13.9. The van der Waals surface area contributed by atoms with E-state index >= 15 is 0 Å². The van der Waals surface area contributed by atoms with Gasteiger partial charge < -0.3 is 4.74 Å². The van der Waals surface area contributed by atoms with Gasteiger partial charge in [0.15, 0.2) is 0 Å². The quantitative estimate of drug-likeness (QED) is 0.929. The molecule has 19 heavy (non-hydrogen) atoms. The van der Waals surface area contributed by atoms with Crippen molar-refractivity contribution in [2.24, 2.45) is 5.92 Å². The third kappa shape index (κ3) is 3.92. The van der Waals surface area contributed by atoms with Gasteiger partial charge in [0.1, 0.15) is 0 Å². The molecule has 1 fully saturated rings. The van der Waals surface area contributed by atoms with Gasteiger partial charge in [0.25, 0.3) is 0 Å². The van der Waals surface area contributed by atoms with Crippen LogP contribution in [0.3, 0.4) is 0 Å². The number of hydrogen-bond donors (Lipinski definition) is 1. The summed E-state index contributed by atoms with van der Waals surface area (Å²) in [4.78, 5) is 0.218. The zero-order valence-electron chi connectivity index (χ0n) is 10.9. The Morgan fingerprint density at radius 3 is 2.68 bits per heavy atom. The topological polar surface area (TPSA) is 55.4 Å². The molecule has 1 aliphatic rings. The maximum atomic E-state index is 12.1. The van der Waals surface area contributed by atoms with Gasteiger partial charge in [0.05, 0.1) is 4.90 Å². The van der Waals surface area contributed by atoms with Crippen molar-refractivity contribution in [2.45, 2.75) is 24.7 Å². The number of ether oxygens (including phenoxy) is 1. The lowest BCUT2D eigenvalue weighted by Crippen LogP contribution is -2.32. The van der Waals surface area contributed by atoms with Crippen LogP contribution in [-0.2, 0) is 14.8 Å². The number of rotatable bonds is 4. The van der Waals surface area contributed by atoms with E-state index in [4.69, 9.17) is 16.3 Å². The summed E-state index contributed by atoms with van der Waals surface area (Å²) in [6.07, 6.45) is 1.80. The Labute approximate surface area is 119 Å². The first-order chi connectivity index (χ1) is 8.99. The summed E-state index contributed by atoms with van der Waals surface area (Å²) in [5.74, 6) is 0.351. The molecule has 2 rings (SSSR count). The molecule has 106 valence electrons. The van der Waals surface area contributed by atoms with Crippen LogP contribution in [0.2, 0.25) is 5.02 Å². The highest BCUT2D eigenvalue weighted by molar-refractivity contribution is 7.89. The third-order valence-corrected chi connectivity index (χ3v) is 5.18. The molecule has 0 bridgehead atoms. The number of aryl methyl sites for hydroxylation is 1. The van der Waals surface area contributed by atoms with Gasteiger partial charge in [0, 0.05) is 24.8 Å². The fraction of sp³-hybridized carbons (Fsp3) is 0.538. The molecule has 1 aromatic carbocycles. The van der Waals surface area contributed by atoms with Gasteiger partial charge in [-0.3, -0.25) is 0 Å². The second-order valence-corrected chi connectivity index (χ2v) is 6.99. The normalized spacial score (nSPS) is 17.6. The first-order valence-corrected chi connectivity index (χ1v) is 8.19. The molecular formula is C13H18ClNO3S. The third-order valence-electron chi connectivity index (χ3n) is 3.36. The molecule has 0 amide bonds. The molecule has 1 aliphatic heterocycles. The van der Waals surface area contributed by atoms with Gasteiger partial charge in [0.2, 0.25) is 10.0 Å². The highest BCUT2D eigenvalue weighted by Gasteiger charge is 2.19. The van der Waals surface area contributed by atoms with Gasteiger partial charge in [-0.2, -0.15) is 0 Å². The summed E-state index contributed by atoms with van der Waals surface area (Å²) in [7, 11) is -3.47.